The molecule has 0 spiro atoms. The zero-order chi connectivity index (χ0) is 17.7. The Labute approximate surface area is 155 Å². The normalized spacial score (nSPS) is 26.4. The largest absolute Gasteiger partial charge is 0.377 e. The second-order valence-corrected chi connectivity index (χ2v) is 7.50. The highest BCUT2D eigenvalue weighted by molar-refractivity contribution is 5.07. The molecule has 0 aliphatic carbocycles. The molecule has 0 aromatic carbocycles. The molecule has 0 bridgehead atoms. The van der Waals surface area contributed by atoms with Gasteiger partial charge in [-0.25, -0.2) is 0 Å². The van der Waals surface area contributed by atoms with Crippen molar-refractivity contribution in [1.29, 1.82) is 0 Å². The lowest BCUT2D eigenvalue weighted by molar-refractivity contribution is -0.155. The van der Waals surface area contributed by atoms with Crippen LogP contribution in [-0.4, -0.2) is 47.3 Å². The maximum absolute atomic E-state index is 6.16. The fourth-order valence-electron chi connectivity index (χ4n) is 4.30. The van der Waals surface area contributed by atoms with Crippen LogP contribution >= 0.6 is 0 Å². The Hall–Kier alpha value is -1.82. The number of likely N-dealkylation sites (tertiary alicyclic amines) is 1. The predicted molar refractivity (Wildman–Crippen MR) is 99.4 cm³/mol. The van der Waals surface area contributed by atoms with Crippen LogP contribution in [0.2, 0.25) is 0 Å². The van der Waals surface area contributed by atoms with Crippen LogP contribution in [0.25, 0.3) is 0 Å². The van der Waals surface area contributed by atoms with E-state index in [9.17, 15) is 0 Å². The average Bonchev–Trinajstić information content (AvgIpc) is 2.69. The minimum absolute atomic E-state index is 0.0908. The fraction of sp³-hybridized carbons (Fsp3) is 0.524. The average molecular weight is 353 g/mol. The third-order valence-electron chi connectivity index (χ3n) is 5.56. The highest BCUT2D eigenvalue weighted by Crippen LogP contribution is 2.40. The Morgan fingerprint density at radius 3 is 3.08 bits per heavy atom. The van der Waals surface area contributed by atoms with Crippen LogP contribution in [0.4, 0.5) is 0 Å². The van der Waals surface area contributed by atoms with Gasteiger partial charge >= 0.3 is 0 Å². The standard InChI is InChI=1S/C21H27N3O2/c1-2-10-23-19(6-1)14-24-11-7-20-21(16-24,8-4-12-26-20)17-25-15-18-5-3-9-22-13-18/h1-3,5-6,9-10,13,20H,4,7-8,11-12,14-17H2/t20-,21+/m0/s1. The highest BCUT2D eigenvalue weighted by Gasteiger charge is 2.46. The number of aromatic nitrogens is 2. The molecule has 2 aliphatic heterocycles. The van der Waals surface area contributed by atoms with Crippen LogP contribution in [0.1, 0.15) is 30.5 Å². The van der Waals surface area contributed by atoms with Gasteiger partial charge in [0, 0.05) is 50.2 Å². The first kappa shape index (κ1) is 17.6. The summed E-state index contributed by atoms with van der Waals surface area (Å²) >= 11 is 0. The Balaban J connectivity index is 1.41. The lowest BCUT2D eigenvalue weighted by atomic mass is 9.73. The molecular formula is C21H27N3O2. The number of hydrogen-bond donors (Lipinski definition) is 0. The molecule has 0 unspecified atom stereocenters. The van der Waals surface area contributed by atoms with Crippen molar-refractivity contribution in [2.24, 2.45) is 5.41 Å². The number of pyridine rings is 2. The summed E-state index contributed by atoms with van der Waals surface area (Å²) in [5.74, 6) is 0. The molecule has 2 fully saturated rings. The number of fused-ring (bicyclic) bond motifs is 1. The molecule has 2 atom stereocenters. The van der Waals surface area contributed by atoms with Crippen molar-refractivity contribution in [3.8, 4) is 0 Å². The summed E-state index contributed by atoms with van der Waals surface area (Å²) in [5, 5.41) is 0. The van der Waals surface area contributed by atoms with Crippen molar-refractivity contribution < 1.29 is 9.47 Å². The van der Waals surface area contributed by atoms with E-state index in [1.165, 1.54) is 6.42 Å². The molecule has 4 heterocycles. The van der Waals surface area contributed by atoms with Crippen LogP contribution in [-0.2, 0) is 22.6 Å². The first-order valence-electron chi connectivity index (χ1n) is 9.55. The summed E-state index contributed by atoms with van der Waals surface area (Å²) < 4.78 is 12.3. The van der Waals surface area contributed by atoms with Crippen molar-refractivity contribution in [2.45, 2.75) is 38.5 Å². The van der Waals surface area contributed by atoms with Crippen molar-refractivity contribution >= 4 is 0 Å². The molecule has 26 heavy (non-hydrogen) atoms. The number of nitrogens with zero attached hydrogens (tertiary/aromatic N) is 3. The Morgan fingerprint density at radius 1 is 1.23 bits per heavy atom. The molecule has 4 rings (SSSR count). The van der Waals surface area contributed by atoms with Crippen molar-refractivity contribution in [3.63, 3.8) is 0 Å². The van der Waals surface area contributed by atoms with E-state index in [1.807, 2.05) is 24.5 Å². The smallest absolute Gasteiger partial charge is 0.0732 e. The van der Waals surface area contributed by atoms with Gasteiger partial charge in [-0.1, -0.05) is 12.1 Å². The summed E-state index contributed by atoms with van der Waals surface area (Å²) in [6.07, 6.45) is 9.21. The van der Waals surface area contributed by atoms with E-state index in [0.717, 1.165) is 56.9 Å². The van der Waals surface area contributed by atoms with Gasteiger partial charge in [0.1, 0.15) is 0 Å². The molecule has 138 valence electrons. The zero-order valence-corrected chi connectivity index (χ0v) is 15.2. The van der Waals surface area contributed by atoms with E-state index in [2.05, 4.69) is 33.1 Å². The van der Waals surface area contributed by atoms with Gasteiger partial charge in [-0.2, -0.15) is 0 Å². The van der Waals surface area contributed by atoms with Gasteiger partial charge < -0.3 is 9.47 Å². The van der Waals surface area contributed by atoms with Crippen LogP contribution in [0.3, 0.4) is 0 Å². The van der Waals surface area contributed by atoms with Crippen molar-refractivity contribution in [2.75, 3.05) is 26.3 Å². The number of rotatable bonds is 6. The van der Waals surface area contributed by atoms with Crippen molar-refractivity contribution in [3.05, 3.63) is 60.2 Å². The molecule has 5 nitrogen and oxygen atoms in total. The van der Waals surface area contributed by atoms with Crippen LogP contribution < -0.4 is 0 Å². The SMILES string of the molecule is c1ccc(CN2CC[C@@H]3OCCC[C@]3(COCc3cccnc3)C2)nc1. The summed E-state index contributed by atoms with van der Waals surface area (Å²) in [7, 11) is 0. The van der Waals surface area contributed by atoms with Gasteiger partial charge in [0.25, 0.3) is 0 Å². The van der Waals surface area contributed by atoms with E-state index in [1.54, 1.807) is 6.20 Å². The quantitative estimate of drug-likeness (QED) is 0.799. The van der Waals surface area contributed by atoms with Crippen LogP contribution in [0.15, 0.2) is 48.9 Å². The minimum atomic E-state index is 0.0908. The first-order chi connectivity index (χ1) is 12.8. The van der Waals surface area contributed by atoms with E-state index < -0.39 is 0 Å². The van der Waals surface area contributed by atoms with Crippen molar-refractivity contribution in [1.82, 2.24) is 14.9 Å². The van der Waals surface area contributed by atoms with Crippen LogP contribution in [0.5, 0.6) is 0 Å². The van der Waals surface area contributed by atoms with Gasteiger partial charge in [0.15, 0.2) is 0 Å². The Morgan fingerprint density at radius 2 is 2.23 bits per heavy atom. The van der Waals surface area contributed by atoms with Gasteiger partial charge in [-0.3, -0.25) is 14.9 Å². The molecule has 0 radical (unpaired) electrons. The van der Waals surface area contributed by atoms with Gasteiger partial charge in [-0.15, -0.1) is 0 Å². The Bertz CT molecular complexity index is 682. The second kappa shape index (κ2) is 8.25. The number of piperidine rings is 1. The zero-order valence-electron chi connectivity index (χ0n) is 15.2. The van der Waals surface area contributed by atoms with E-state index in [-0.39, 0.29) is 5.41 Å². The summed E-state index contributed by atoms with van der Waals surface area (Å²) in [6.45, 7) is 5.22. The lowest BCUT2D eigenvalue weighted by Gasteiger charge is -2.50. The number of ether oxygens (including phenoxy) is 2. The van der Waals surface area contributed by atoms with Gasteiger partial charge in [0.2, 0.25) is 0 Å². The minimum Gasteiger partial charge on any atom is -0.377 e. The summed E-state index contributed by atoms with van der Waals surface area (Å²) in [6, 6.07) is 10.2. The van der Waals surface area contributed by atoms with E-state index in [0.29, 0.717) is 12.7 Å². The monoisotopic (exact) mass is 353 g/mol. The second-order valence-electron chi connectivity index (χ2n) is 7.50. The maximum atomic E-state index is 6.16. The molecule has 0 amide bonds. The molecule has 2 aromatic heterocycles. The number of hydrogen-bond acceptors (Lipinski definition) is 5. The summed E-state index contributed by atoms with van der Waals surface area (Å²) in [5.41, 5.74) is 2.35. The molecule has 0 saturated carbocycles. The first-order valence-corrected chi connectivity index (χ1v) is 9.55. The predicted octanol–water partition coefficient (Wildman–Crippen LogP) is 3.06. The van der Waals surface area contributed by atoms with E-state index >= 15 is 0 Å². The molecule has 0 N–H and O–H groups in total. The fourth-order valence-corrected chi connectivity index (χ4v) is 4.30. The van der Waals surface area contributed by atoms with Gasteiger partial charge in [0.05, 0.1) is 25.0 Å². The third-order valence-corrected chi connectivity index (χ3v) is 5.56. The topological polar surface area (TPSA) is 47.5 Å². The molecule has 5 heteroatoms. The molecule has 2 aromatic rings. The maximum Gasteiger partial charge on any atom is 0.0732 e. The Kier molecular flexibility index (Phi) is 5.58. The third kappa shape index (κ3) is 4.11. The molecule has 2 aliphatic rings. The van der Waals surface area contributed by atoms with Gasteiger partial charge in [-0.05, 0) is 43.0 Å². The summed E-state index contributed by atoms with van der Waals surface area (Å²) in [4.78, 5) is 11.2. The van der Waals surface area contributed by atoms with Crippen LogP contribution in [0, 0.1) is 5.41 Å². The lowest BCUT2D eigenvalue weighted by Crippen LogP contribution is -2.56. The van der Waals surface area contributed by atoms with E-state index in [4.69, 9.17) is 9.47 Å². The highest BCUT2D eigenvalue weighted by atomic mass is 16.5. The molecular weight excluding hydrogens is 326 g/mol. The molecule has 2 saturated heterocycles.